The maximum atomic E-state index is 14.5. The summed E-state index contributed by atoms with van der Waals surface area (Å²) in [6.45, 7) is 38.0. The minimum Gasteiger partial charge on any atom is -0.444 e. The van der Waals surface area contributed by atoms with E-state index in [1.54, 1.807) is 20.8 Å². The molecule has 0 aromatic heterocycles. The van der Waals surface area contributed by atoms with Crippen LogP contribution < -0.4 is 21.7 Å². The van der Waals surface area contributed by atoms with E-state index in [-0.39, 0.29) is 34.2 Å². The van der Waals surface area contributed by atoms with Gasteiger partial charge in [-0.05, 0) is 89.1 Å². The molecule has 0 bridgehead atoms. The van der Waals surface area contributed by atoms with Gasteiger partial charge in [0.05, 0.1) is 24.2 Å². The molecule has 0 saturated carbocycles. The zero-order chi connectivity index (χ0) is 39.1. The summed E-state index contributed by atoms with van der Waals surface area (Å²) in [7, 11) is -4.77. The highest BCUT2D eigenvalue weighted by molar-refractivity contribution is 6.74. The molecule has 13 heteroatoms. The van der Waals surface area contributed by atoms with Gasteiger partial charge in [-0.3, -0.25) is 14.4 Å². The molecule has 49 heavy (non-hydrogen) atoms. The van der Waals surface area contributed by atoms with Gasteiger partial charge in [0.25, 0.3) is 0 Å². The Morgan fingerprint density at radius 1 is 0.694 bits per heavy atom. The fourth-order valence-corrected chi connectivity index (χ4v) is 7.61. The van der Waals surface area contributed by atoms with Crippen molar-refractivity contribution in [2.45, 2.75) is 189 Å². The van der Waals surface area contributed by atoms with Gasteiger partial charge < -0.3 is 35.3 Å². The van der Waals surface area contributed by atoms with Crippen molar-refractivity contribution in [1.82, 2.24) is 16.0 Å². The fraction of sp³-hybridized carbons (Fsp3) is 0.889. The first-order valence-electron chi connectivity index (χ1n) is 18.0. The van der Waals surface area contributed by atoms with Crippen molar-refractivity contribution in [3.8, 4) is 0 Å². The highest BCUT2D eigenvalue weighted by Gasteiger charge is 2.45. The highest BCUT2D eigenvalue weighted by atomic mass is 28.4. The molecule has 288 valence electrons. The van der Waals surface area contributed by atoms with Crippen LogP contribution in [0.25, 0.3) is 0 Å². The molecule has 0 aliphatic rings. The molecule has 11 nitrogen and oxygen atoms in total. The Bertz CT molecular complexity index is 1110. The zero-order valence-electron chi connectivity index (χ0n) is 34.5. The SMILES string of the molecule is CC[C@H](C)[C@H](NC(=O)[C@@H](NC(=O)[C@@H](C[C@@H](O[Si](C)(C)C(C)(C)C)[C@H](C)NC(=O)OC(C)(C)C)[C@H](C)O[Si](C)(C)C(C)(C)C)C(C)C)C(N)=O. The Morgan fingerprint density at radius 3 is 1.53 bits per heavy atom. The van der Waals surface area contributed by atoms with Crippen LogP contribution in [0.15, 0.2) is 0 Å². The summed E-state index contributed by atoms with van der Waals surface area (Å²) >= 11 is 0. The number of carbonyl (C=O) groups is 4. The number of ether oxygens (including phenoxy) is 1. The average Bonchev–Trinajstić information content (AvgIpc) is 2.88. The largest absolute Gasteiger partial charge is 0.444 e. The van der Waals surface area contributed by atoms with E-state index in [9.17, 15) is 19.2 Å². The van der Waals surface area contributed by atoms with Crippen molar-refractivity contribution in [2.24, 2.45) is 23.5 Å². The van der Waals surface area contributed by atoms with Crippen LogP contribution in [0.3, 0.4) is 0 Å². The van der Waals surface area contributed by atoms with E-state index in [1.807, 2.05) is 41.5 Å². The Balaban J connectivity index is 6.92. The second-order valence-electron chi connectivity index (χ2n) is 18.3. The topological polar surface area (TPSA) is 158 Å². The smallest absolute Gasteiger partial charge is 0.407 e. The second-order valence-corrected chi connectivity index (χ2v) is 27.8. The summed E-state index contributed by atoms with van der Waals surface area (Å²) < 4.78 is 19.3. The maximum absolute atomic E-state index is 14.5. The molecule has 7 atom stereocenters. The van der Waals surface area contributed by atoms with E-state index in [4.69, 9.17) is 19.3 Å². The van der Waals surface area contributed by atoms with E-state index < -0.39 is 76.4 Å². The van der Waals surface area contributed by atoms with Crippen LogP contribution in [0.1, 0.15) is 117 Å². The third-order valence-electron chi connectivity index (χ3n) is 10.3. The Labute approximate surface area is 300 Å². The predicted molar refractivity (Wildman–Crippen MR) is 204 cm³/mol. The molecule has 5 N–H and O–H groups in total. The zero-order valence-corrected chi connectivity index (χ0v) is 36.5. The minimum atomic E-state index is -2.42. The first-order chi connectivity index (χ1) is 21.8. The highest BCUT2D eigenvalue weighted by Crippen LogP contribution is 2.40. The summed E-state index contributed by atoms with van der Waals surface area (Å²) in [6, 6.07) is -2.32. The monoisotopic (exact) mass is 731 g/mol. The number of hydrogen-bond acceptors (Lipinski definition) is 7. The summed E-state index contributed by atoms with van der Waals surface area (Å²) in [4.78, 5) is 53.3. The molecule has 0 aromatic rings. The van der Waals surface area contributed by atoms with Crippen LogP contribution in [0, 0.1) is 17.8 Å². The van der Waals surface area contributed by atoms with E-state index >= 15 is 0 Å². The normalized spacial score (nSPS) is 17.6. The van der Waals surface area contributed by atoms with Crippen LogP contribution in [-0.4, -0.2) is 76.4 Å². The van der Waals surface area contributed by atoms with Crippen molar-refractivity contribution in [1.29, 1.82) is 0 Å². The van der Waals surface area contributed by atoms with E-state index in [0.29, 0.717) is 6.42 Å². The number of rotatable bonds is 17. The molecule has 0 aliphatic heterocycles. The van der Waals surface area contributed by atoms with Gasteiger partial charge in [0.15, 0.2) is 16.6 Å². The lowest BCUT2D eigenvalue weighted by atomic mass is 9.91. The van der Waals surface area contributed by atoms with Crippen molar-refractivity contribution in [3.05, 3.63) is 0 Å². The van der Waals surface area contributed by atoms with Gasteiger partial charge in [0, 0.05) is 0 Å². The van der Waals surface area contributed by atoms with E-state index in [2.05, 4.69) is 83.7 Å². The van der Waals surface area contributed by atoms with E-state index in [1.165, 1.54) is 0 Å². The Kier molecular flexibility index (Phi) is 17.3. The van der Waals surface area contributed by atoms with E-state index in [0.717, 1.165) is 0 Å². The average molecular weight is 731 g/mol. The second kappa shape index (κ2) is 18.0. The summed E-state index contributed by atoms with van der Waals surface area (Å²) in [5.74, 6) is -2.68. The summed E-state index contributed by atoms with van der Waals surface area (Å²) in [5, 5.41) is 8.49. The standard InChI is InChI=1S/C36H74N4O7Si2/c1-20-23(4)29(30(37)41)40-32(43)28(22(2)3)39-31(42)26(25(6)46-48(16,17)35(10,11)12)21-27(47-49(18,19)36(13,14)15)24(5)38-33(44)45-34(7,8)9/h22-29H,20-21H2,1-19H3,(H2,37,41)(H,38,44)(H,39,42)(H,40,43)/t23-,24-,25-,26-,27+,28-,29-/m0/s1. The lowest BCUT2D eigenvalue weighted by Gasteiger charge is -2.44. The molecule has 0 rings (SSSR count). The third-order valence-corrected chi connectivity index (χ3v) is 19.4. The molecule has 0 saturated heterocycles. The Hall–Kier alpha value is -1.97. The Morgan fingerprint density at radius 2 is 1.14 bits per heavy atom. The summed E-state index contributed by atoms with van der Waals surface area (Å²) in [5.41, 5.74) is 4.96. The lowest BCUT2D eigenvalue weighted by Crippen LogP contribution is -2.58. The third kappa shape index (κ3) is 15.0. The number of alkyl carbamates (subject to hydrolysis) is 1. The van der Waals surface area contributed by atoms with Crippen LogP contribution >= 0.6 is 0 Å². The molecule has 0 heterocycles. The van der Waals surface area contributed by atoms with Gasteiger partial charge >= 0.3 is 6.09 Å². The van der Waals surface area contributed by atoms with Gasteiger partial charge in [0.2, 0.25) is 17.7 Å². The van der Waals surface area contributed by atoms with Crippen molar-refractivity contribution >= 4 is 40.4 Å². The number of primary amides is 1. The number of amides is 4. The first kappa shape index (κ1) is 47.0. The van der Waals surface area contributed by atoms with Crippen LogP contribution in [0.2, 0.25) is 36.3 Å². The number of carbonyl (C=O) groups excluding carboxylic acids is 4. The van der Waals surface area contributed by atoms with Gasteiger partial charge in [0.1, 0.15) is 17.7 Å². The van der Waals surface area contributed by atoms with Crippen LogP contribution in [0.4, 0.5) is 4.79 Å². The number of nitrogens with one attached hydrogen (secondary N) is 3. The van der Waals surface area contributed by atoms with Crippen molar-refractivity contribution in [3.63, 3.8) is 0 Å². The van der Waals surface area contributed by atoms with Crippen molar-refractivity contribution < 1.29 is 32.8 Å². The van der Waals surface area contributed by atoms with Gasteiger partial charge in [-0.25, -0.2) is 4.79 Å². The number of hydrogen-bond donors (Lipinski definition) is 4. The molecular weight excluding hydrogens is 657 g/mol. The molecule has 0 aliphatic carbocycles. The molecule has 0 unspecified atom stereocenters. The number of nitrogens with two attached hydrogens (primary N) is 1. The van der Waals surface area contributed by atoms with Gasteiger partial charge in [-0.15, -0.1) is 0 Å². The molecule has 0 radical (unpaired) electrons. The quantitative estimate of drug-likeness (QED) is 0.119. The summed E-state index contributed by atoms with van der Waals surface area (Å²) in [6.07, 6.45) is -0.839. The molecule has 4 amide bonds. The fourth-order valence-electron chi connectivity index (χ4n) is 4.75. The van der Waals surface area contributed by atoms with Gasteiger partial charge in [-0.1, -0.05) is 75.7 Å². The first-order valence-corrected chi connectivity index (χ1v) is 23.8. The maximum Gasteiger partial charge on any atom is 0.407 e. The molecule has 0 fully saturated rings. The lowest BCUT2D eigenvalue weighted by molar-refractivity contribution is -0.136. The molecular formula is C36H74N4O7Si2. The van der Waals surface area contributed by atoms with Crippen LogP contribution in [0.5, 0.6) is 0 Å². The van der Waals surface area contributed by atoms with Crippen LogP contribution in [-0.2, 0) is 28.0 Å². The van der Waals surface area contributed by atoms with Crippen molar-refractivity contribution in [2.75, 3.05) is 0 Å². The minimum absolute atomic E-state index is 0.120. The molecule has 0 aromatic carbocycles. The predicted octanol–water partition coefficient (Wildman–Crippen LogP) is 6.86. The molecule has 0 spiro atoms. The van der Waals surface area contributed by atoms with Gasteiger partial charge in [-0.2, -0.15) is 0 Å².